The molecule has 0 unspecified atom stereocenters. The van der Waals surface area contributed by atoms with Gasteiger partial charge in [0, 0.05) is 0 Å². The number of rotatable bonds is 1. The topological polar surface area (TPSA) is 61.6 Å². The number of hydrogen-bond donors (Lipinski definition) is 0. The molecule has 2 rings (SSSR count). The van der Waals surface area contributed by atoms with E-state index in [2.05, 4.69) is 0 Å². The molecule has 0 saturated heterocycles. The highest BCUT2D eigenvalue weighted by atomic mass is 16.6. The predicted octanol–water partition coefficient (Wildman–Crippen LogP) is 0.468. The fraction of sp³-hybridized carbons (Fsp3) is 0.333. The van der Waals surface area contributed by atoms with E-state index < -0.39 is 4.92 Å². The average Bonchev–Trinajstić information content (AvgIpc) is 2.19. The van der Waals surface area contributed by atoms with Crippen LogP contribution >= 0.6 is 0 Å². The second-order valence-electron chi connectivity index (χ2n) is 3.24. The number of benzene rings is 1. The summed E-state index contributed by atoms with van der Waals surface area (Å²) in [6.45, 7) is 2.39. The number of fused-ring (bicyclic) bond motifs is 1. The van der Waals surface area contributed by atoms with E-state index >= 15 is 0 Å². The largest absolute Gasteiger partial charge is 0.486 e. The van der Waals surface area contributed by atoms with Gasteiger partial charge in [0.05, 0.1) is 4.92 Å². The van der Waals surface area contributed by atoms with Gasteiger partial charge in [-0.1, -0.05) is 0 Å². The Morgan fingerprint density at radius 2 is 2.13 bits per heavy atom. The van der Waals surface area contributed by atoms with Crippen LogP contribution in [0.3, 0.4) is 0 Å². The van der Waals surface area contributed by atoms with Gasteiger partial charge in [0.2, 0.25) is 5.75 Å². The Morgan fingerprint density at radius 3 is 2.80 bits per heavy atom. The maximum absolute atomic E-state index is 10.8. The lowest BCUT2D eigenvalue weighted by atomic mass is 9.88. The molecule has 1 aliphatic heterocycles. The molecule has 76 valence electrons. The van der Waals surface area contributed by atoms with E-state index in [1.807, 2.05) is 0 Å². The van der Waals surface area contributed by atoms with Gasteiger partial charge in [-0.3, -0.25) is 10.1 Å². The molecule has 1 aromatic rings. The van der Waals surface area contributed by atoms with Gasteiger partial charge in [0.1, 0.15) is 21.1 Å². The summed E-state index contributed by atoms with van der Waals surface area (Å²) in [6.07, 6.45) is 0. The van der Waals surface area contributed by atoms with Crippen molar-refractivity contribution in [3.05, 3.63) is 21.7 Å². The number of hydrogen-bond acceptors (Lipinski definition) is 4. The zero-order valence-corrected chi connectivity index (χ0v) is 8.15. The highest BCUT2D eigenvalue weighted by molar-refractivity contribution is 6.36. The first kappa shape index (κ1) is 9.83. The van der Waals surface area contributed by atoms with E-state index in [4.69, 9.17) is 17.3 Å². The van der Waals surface area contributed by atoms with Crippen molar-refractivity contribution in [2.75, 3.05) is 13.2 Å². The summed E-state index contributed by atoms with van der Waals surface area (Å²) in [5.74, 6) is 0.522. The van der Waals surface area contributed by atoms with E-state index in [0.717, 1.165) is 0 Å². The van der Waals surface area contributed by atoms with Crippen LogP contribution in [0.5, 0.6) is 11.5 Å². The summed E-state index contributed by atoms with van der Waals surface area (Å²) in [5.41, 5.74) is 0.542. The Morgan fingerprint density at radius 1 is 1.47 bits per heavy atom. The van der Waals surface area contributed by atoms with E-state index in [9.17, 15) is 10.1 Å². The van der Waals surface area contributed by atoms with Crippen LogP contribution in [-0.2, 0) is 0 Å². The normalized spacial score (nSPS) is 13.7. The first-order chi connectivity index (χ1) is 7.11. The average molecular weight is 205 g/mol. The summed E-state index contributed by atoms with van der Waals surface area (Å²) in [7, 11) is 5.63. The second kappa shape index (κ2) is 3.45. The Labute approximate surface area is 87.6 Å². The lowest BCUT2D eigenvalue weighted by molar-refractivity contribution is -0.384. The number of nitro groups is 1. The standard InChI is InChI=1S/C9H8BNO4/c1-5-4-6-9(15-3-2-14-6)8(7(5)10)11(12)13/h4H,2-3H2,1H3. The minimum atomic E-state index is -0.546. The monoisotopic (exact) mass is 205 g/mol. The summed E-state index contributed by atoms with van der Waals surface area (Å²) in [5, 5.41) is 10.8. The molecule has 0 fully saturated rings. The van der Waals surface area contributed by atoms with Crippen molar-refractivity contribution in [2.45, 2.75) is 6.92 Å². The molecule has 2 radical (unpaired) electrons. The molecule has 0 amide bonds. The van der Waals surface area contributed by atoms with Crippen molar-refractivity contribution in [1.29, 1.82) is 0 Å². The van der Waals surface area contributed by atoms with Gasteiger partial charge in [-0.25, -0.2) is 0 Å². The van der Waals surface area contributed by atoms with Gasteiger partial charge >= 0.3 is 5.69 Å². The molecule has 0 aromatic heterocycles. The maximum atomic E-state index is 10.8. The summed E-state index contributed by atoms with van der Waals surface area (Å²) in [4.78, 5) is 10.3. The quantitative estimate of drug-likeness (QED) is 0.379. The number of nitrogens with zero attached hydrogens (tertiary/aromatic N) is 1. The molecule has 0 N–H and O–H groups in total. The maximum Gasteiger partial charge on any atom is 0.308 e. The molecule has 0 bridgehead atoms. The lowest BCUT2D eigenvalue weighted by Gasteiger charge is -2.19. The number of aryl methyl sites for hydroxylation is 1. The third kappa shape index (κ3) is 1.52. The summed E-state index contributed by atoms with van der Waals surface area (Å²) >= 11 is 0. The fourth-order valence-electron chi connectivity index (χ4n) is 1.49. The van der Waals surface area contributed by atoms with Gasteiger partial charge < -0.3 is 9.47 Å². The van der Waals surface area contributed by atoms with Gasteiger partial charge in [-0.15, -0.1) is 0 Å². The molecule has 6 heteroatoms. The Kier molecular flexibility index (Phi) is 2.26. The van der Waals surface area contributed by atoms with Crippen molar-refractivity contribution in [3.8, 4) is 11.5 Å². The van der Waals surface area contributed by atoms with Crippen molar-refractivity contribution < 1.29 is 14.4 Å². The van der Waals surface area contributed by atoms with Crippen LogP contribution in [-0.4, -0.2) is 26.0 Å². The zero-order chi connectivity index (χ0) is 11.0. The van der Waals surface area contributed by atoms with Crippen LogP contribution in [0.4, 0.5) is 5.69 Å². The van der Waals surface area contributed by atoms with Crippen LogP contribution in [0.25, 0.3) is 0 Å². The fourth-order valence-corrected chi connectivity index (χ4v) is 1.49. The second-order valence-corrected chi connectivity index (χ2v) is 3.24. The van der Waals surface area contributed by atoms with Crippen molar-refractivity contribution in [2.24, 2.45) is 0 Å². The predicted molar refractivity (Wildman–Crippen MR) is 54.2 cm³/mol. The molecular formula is C9H8BNO4. The number of nitro benzene ring substituents is 1. The molecule has 0 atom stereocenters. The van der Waals surface area contributed by atoms with Crippen LogP contribution in [0.15, 0.2) is 6.07 Å². The third-order valence-corrected chi connectivity index (χ3v) is 2.24. The minimum Gasteiger partial charge on any atom is -0.486 e. The molecule has 5 nitrogen and oxygen atoms in total. The zero-order valence-electron chi connectivity index (χ0n) is 8.15. The molecule has 1 aromatic carbocycles. The van der Waals surface area contributed by atoms with Crippen LogP contribution in [0.2, 0.25) is 0 Å². The molecular weight excluding hydrogens is 197 g/mol. The van der Waals surface area contributed by atoms with Gasteiger partial charge in [0.15, 0.2) is 5.75 Å². The Balaban J connectivity index is 2.68. The SMILES string of the molecule is [B]c1c(C)cc2c(c1[N+](=O)[O-])OCCO2. The van der Waals surface area contributed by atoms with E-state index in [0.29, 0.717) is 24.5 Å². The molecule has 0 spiro atoms. The minimum absolute atomic E-state index is 0.129. The lowest BCUT2D eigenvalue weighted by Crippen LogP contribution is -2.21. The van der Waals surface area contributed by atoms with Gasteiger partial charge in [0.25, 0.3) is 0 Å². The summed E-state index contributed by atoms with van der Waals surface area (Å²) in [6, 6.07) is 1.65. The van der Waals surface area contributed by atoms with Crippen LogP contribution in [0, 0.1) is 17.0 Å². The summed E-state index contributed by atoms with van der Waals surface area (Å²) < 4.78 is 10.5. The molecule has 1 heterocycles. The molecule has 0 aliphatic carbocycles. The smallest absolute Gasteiger partial charge is 0.308 e. The number of ether oxygens (including phenoxy) is 2. The van der Waals surface area contributed by atoms with E-state index in [-0.39, 0.29) is 16.9 Å². The Hall–Kier alpha value is -1.72. The van der Waals surface area contributed by atoms with Crippen molar-refractivity contribution >= 4 is 19.0 Å². The third-order valence-electron chi connectivity index (χ3n) is 2.24. The van der Waals surface area contributed by atoms with Crippen LogP contribution in [0.1, 0.15) is 5.56 Å². The van der Waals surface area contributed by atoms with Crippen LogP contribution < -0.4 is 14.9 Å². The molecule has 0 saturated carbocycles. The van der Waals surface area contributed by atoms with Crippen molar-refractivity contribution in [3.63, 3.8) is 0 Å². The molecule has 1 aliphatic rings. The first-order valence-corrected chi connectivity index (χ1v) is 4.44. The highest BCUT2D eigenvalue weighted by Gasteiger charge is 2.27. The van der Waals surface area contributed by atoms with E-state index in [1.165, 1.54) is 0 Å². The Bertz CT molecular complexity index is 433. The van der Waals surface area contributed by atoms with Gasteiger partial charge in [-0.05, 0) is 24.0 Å². The van der Waals surface area contributed by atoms with Crippen molar-refractivity contribution in [1.82, 2.24) is 0 Å². The van der Waals surface area contributed by atoms with Gasteiger partial charge in [-0.2, -0.15) is 0 Å². The first-order valence-electron chi connectivity index (χ1n) is 4.44. The highest BCUT2D eigenvalue weighted by Crippen LogP contribution is 2.38. The van der Waals surface area contributed by atoms with E-state index in [1.54, 1.807) is 13.0 Å². The molecule has 15 heavy (non-hydrogen) atoms.